The first kappa shape index (κ1) is 18.7. The Morgan fingerprint density at radius 1 is 1.04 bits per heavy atom. The summed E-state index contributed by atoms with van der Waals surface area (Å²) in [4.78, 5) is 11.6. The van der Waals surface area contributed by atoms with Gasteiger partial charge >= 0.3 is 0 Å². The number of carbonyl (C=O) groups excluding carboxylic acids is 1. The molecule has 2 aromatic rings. The second-order valence-corrected chi connectivity index (χ2v) is 6.74. The largest absolute Gasteiger partial charge is 0.486 e. The smallest absolute Gasteiger partial charge is 0.267 e. The van der Waals surface area contributed by atoms with Gasteiger partial charge in [0.15, 0.2) is 11.6 Å². The van der Waals surface area contributed by atoms with Crippen molar-refractivity contribution in [2.24, 2.45) is 0 Å². The quantitative estimate of drug-likeness (QED) is 0.813. The average Bonchev–Trinajstić information content (AvgIpc) is 2.49. The molecule has 0 aliphatic carbocycles. The zero-order valence-corrected chi connectivity index (χ0v) is 13.5. The number of nitrogens with one attached hydrogen (secondary N) is 1. The fourth-order valence-electron chi connectivity index (χ4n) is 1.85. The van der Waals surface area contributed by atoms with Crippen LogP contribution < -0.4 is 9.46 Å². The van der Waals surface area contributed by atoms with Gasteiger partial charge in [-0.1, -0.05) is 0 Å². The summed E-state index contributed by atoms with van der Waals surface area (Å²) in [6, 6.07) is 3.51. The standard InChI is InChI=1S/C15H11F4NO4S/c1-25(22,23)20-15(21)10-5-13(19)14(6-12(10)18)24-7-8-4-9(16)2-3-11(8)17/h2-6H,7H2,1H3,(H,20,21). The van der Waals surface area contributed by atoms with Crippen LogP contribution in [0.1, 0.15) is 15.9 Å². The molecule has 5 nitrogen and oxygen atoms in total. The molecule has 10 heteroatoms. The zero-order valence-electron chi connectivity index (χ0n) is 12.6. The van der Waals surface area contributed by atoms with E-state index >= 15 is 0 Å². The van der Waals surface area contributed by atoms with E-state index in [0.29, 0.717) is 18.4 Å². The second-order valence-electron chi connectivity index (χ2n) is 4.99. The highest BCUT2D eigenvalue weighted by molar-refractivity contribution is 7.89. The maximum absolute atomic E-state index is 13.9. The normalized spacial score (nSPS) is 11.2. The molecule has 0 fully saturated rings. The molecule has 25 heavy (non-hydrogen) atoms. The van der Waals surface area contributed by atoms with Crippen LogP contribution in [-0.4, -0.2) is 20.6 Å². The highest BCUT2D eigenvalue weighted by Gasteiger charge is 2.19. The number of rotatable bonds is 5. The third-order valence-corrected chi connectivity index (χ3v) is 3.49. The number of benzene rings is 2. The molecule has 0 spiro atoms. The Hall–Kier alpha value is -2.62. The lowest BCUT2D eigenvalue weighted by Crippen LogP contribution is -2.30. The maximum Gasteiger partial charge on any atom is 0.267 e. The van der Waals surface area contributed by atoms with E-state index < -0.39 is 57.1 Å². The molecule has 0 saturated carbocycles. The number of ether oxygens (including phenoxy) is 1. The molecule has 0 heterocycles. The third kappa shape index (κ3) is 4.92. The van der Waals surface area contributed by atoms with E-state index in [2.05, 4.69) is 0 Å². The van der Waals surface area contributed by atoms with Crippen molar-refractivity contribution >= 4 is 15.9 Å². The van der Waals surface area contributed by atoms with Crippen LogP contribution in [0.2, 0.25) is 0 Å². The van der Waals surface area contributed by atoms with Gasteiger partial charge in [0.25, 0.3) is 5.91 Å². The van der Waals surface area contributed by atoms with Crippen molar-refractivity contribution in [1.82, 2.24) is 4.72 Å². The van der Waals surface area contributed by atoms with Gasteiger partial charge in [0.2, 0.25) is 10.0 Å². The molecule has 0 aliphatic rings. The zero-order chi connectivity index (χ0) is 18.8. The van der Waals surface area contributed by atoms with Gasteiger partial charge in [-0.2, -0.15) is 0 Å². The Morgan fingerprint density at radius 3 is 2.36 bits per heavy atom. The van der Waals surface area contributed by atoms with Gasteiger partial charge in [0.1, 0.15) is 24.1 Å². The Balaban J connectivity index is 2.22. The second kappa shape index (κ2) is 7.09. The molecule has 0 aromatic heterocycles. The predicted molar refractivity (Wildman–Crippen MR) is 79.4 cm³/mol. The van der Waals surface area contributed by atoms with E-state index in [9.17, 15) is 30.8 Å². The summed E-state index contributed by atoms with van der Waals surface area (Å²) in [5.41, 5.74) is -1.08. The van der Waals surface area contributed by atoms with E-state index in [1.165, 1.54) is 4.72 Å². The van der Waals surface area contributed by atoms with Crippen molar-refractivity contribution in [1.29, 1.82) is 0 Å². The van der Waals surface area contributed by atoms with Crippen LogP contribution in [0.5, 0.6) is 5.75 Å². The summed E-state index contributed by atoms with van der Waals surface area (Å²) in [7, 11) is -3.96. The molecule has 0 unspecified atom stereocenters. The van der Waals surface area contributed by atoms with E-state index in [1.807, 2.05) is 0 Å². The molecule has 0 saturated heterocycles. The van der Waals surface area contributed by atoms with Gasteiger partial charge in [-0.05, 0) is 24.3 Å². The number of sulfonamides is 1. The summed E-state index contributed by atoms with van der Waals surface area (Å²) in [6.07, 6.45) is 0.671. The molecule has 0 aliphatic heterocycles. The van der Waals surface area contributed by atoms with Gasteiger partial charge in [-0.3, -0.25) is 4.79 Å². The monoisotopic (exact) mass is 377 g/mol. The summed E-state index contributed by atoms with van der Waals surface area (Å²) < 4.78 is 82.6. The van der Waals surface area contributed by atoms with Crippen molar-refractivity contribution in [2.75, 3.05) is 6.26 Å². The lowest BCUT2D eigenvalue weighted by atomic mass is 10.2. The Kier molecular flexibility index (Phi) is 5.31. The third-order valence-electron chi connectivity index (χ3n) is 2.94. The molecule has 1 amide bonds. The fourth-order valence-corrected chi connectivity index (χ4v) is 2.29. The molecule has 2 aromatic carbocycles. The predicted octanol–water partition coefficient (Wildman–Crippen LogP) is 2.51. The van der Waals surface area contributed by atoms with Crippen LogP contribution >= 0.6 is 0 Å². The van der Waals surface area contributed by atoms with Gasteiger partial charge in [-0.25, -0.2) is 30.7 Å². The van der Waals surface area contributed by atoms with E-state index in [1.54, 1.807) is 0 Å². The van der Waals surface area contributed by atoms with Crippen LogP contribution in [0.15, 0.2) is 30.3 Å². The highest BCUT2D eigenvalue weighted by Crippen LogP contribution is 2.23. The molecule has 0 bridgehead atoms. The van der Waals surface area contributed by atoms with E-state index in [0.717, 1.165) is 18.2 Å². The minimum absolute atomic E-state index is 0.223. The van der Waals surface area contributed by atoms with Gasteiger partial charge in [0.05, 0.1) is 11.8 Å². The summed E-state index contributed by atoms with van der Waals surface area (Å²) >= 11 is 0. The first-order chi connectivity index (χ1) is 11.6. The molecule has 1 N–H and O–H groups in total. The Morgan fingerprint density at radius 2 is 1.72 bits per heavy atom. The minimum Gasteiger partial charge on any atom is -0.486 e. The van der Waals surface area contributed by atoms with Gasteiger partial charge in [0, 0.05) is 11.6 Å². The Bertz CT molecular complexity index is 931. The molecule has 134 valence electrons. The van der Waals surface area contributed by atoms with E-state index in [-0.39, 0.29) is 5.56 Å². The summed E-state index contributed by atoms with van der Waals surface area (Å²) in [5, 5.41) is 0. The van der Waals surface area contributed by atoms with Gasteiger partial charge < -0.3 is 4.74 Å². The van der Waals surface area contributed by atoms with Crippen LogP contribution in [0.4, 0.5) is 17.6 Å². The molecular formula is C15H11F4NO4S. The number of hydrogen-bond acceptors (Lipinski definition) is 4. The topological polar surface area (TPSA) is 72.5 Å². The maximum atomic E-state index is 13.9. The number of hydrogen-bond donors (Lipinski definition) is 1. The molecular weight excluding hydrogens is 366 g/mol. The van der Waals surface area contributed by atoms with Crippen molar-refractivity contribution < 1.29 is 35.5 Å². The number of halogens is 4. The van der Waals surface area contributed by atoms with Crippen LogP contribution in [-0.2, 0) is 16.6 Å². The molecule has 2 rings (SSSR count). The summed E-state index contributed by atoms with van der Waals surface area (Å²) in [6.45, 7) is -0.588. The van der Waals surface area contributed by atoms with Crippen molar-refractivity contribution in [2.45, 2.75) is 6.61 Å². The lowest BCUT2D eigenvalue weighted by Gasteiger charge is -2.10. The fraction of sp³-hybridized carbons (Fsp3) is 0.133. The average molecular weight is 377 g/mol. The first-order valence-corrected chi connectivity index (χ1v) is 8.54. The van der Waals surface area contributed by atoms with Crippen LogP contribution in [0.25, 0.3) is 0 Å². The Labute approximate surface area is 140 Å². The molecule has 0 radical (unpaired) electrons. The highest BCUT2D eigenvalue weighted by atomic mass is 32.2. The minimum atomic E-state index is -3.96. The van der Waals surface area contributed by atoms with Crippen molar-refractivity contribution in [3.8, 4) is 5.75 Å². The van der Waals surface area contributed by atoms with Gasteiger partial charge in [-0.15, -0.1) is 0 Å². The van der Waals surface area contributed by atoms with Crippen molar-refractivity contribution in [3.63, 3.8) is 0 Å². The van der Waals surface area contributed by atoms with Crippen LogP contribution in [0.3, 0.4) is 0 Å². The number of amides is 1. The lowest BCUT2D eigenvalue weighted by molar-refractivity contribution is 0.0977. The SMILES string of the molecule is CS(=O)(=O)NC(=O)c1cc(F)c(OCc2cc(F)ccc2F)cc1F. The molecule has 0 atom stereocenters. The first-order valence-electron chi connectivity index (χ1n) is 6.64. The summed E-state index contributed by atoms with van der Waals surface area (Å²) in [5.74, 6) is -5.99. The number of carbonyl (C=O) groups is 1. The van der Waals surface area contributed by atoms with E-state index in [4.69, 9.17) is 4.74 Å². The van der Waals surface area contributed by atoms with Crippen molar-refractivity contribution in [3.05, 3.63) is 64.7 Å². The van der Waals surface area contributed by atoms with Crippen LogP contribution in [0, 0.1) is 23.3 Å².